The number of hydrogen-bond acceptors (Lipinski definition) is 3. The van der Waals surface area contributed by atoms with Crippen LogP contribution in [0.5, 0.6) is 5.75 Å². The third kappa shape index (κ3) is 5.33. The van der Waals surface area contributed by atoms with Gasteiger partial charge in [0.15, 0.2) is 6.61 Å². The molecule has 0 unspecified atom stereocenters. The maximum Gasteiger partial charge on any atom is 0.260 e. The van der Waals surface area contributed by atoms with Gasteiger partial charge in [-0.15, -0.1) is 0 Å². The summed E-state index contributed by atoms with van der Waals surface area (Å²) in [4.78, 5) is 16.7. The third-order valence-corrected chi connectivity index (χ3v) is 4.64. The van der Waals surface area contributed by atoms with E-state index in [-0.39, 0.29) is 12.5 Å². The molecule has 1 aliphatic rings. The minimum absolute atomic E-state index is 0.0733. The van der Waals surface area contributed by atoms with Crippen molar-refractivity contribution >= 4 is 5.91 Å². The van der Waals surface area contributed by atoms with E-state index in [0.717, 1.165) is 50.5 Å². The molecule has 1 saturated heterocycles. The molecule has 0 aliphatic carbocycles. The van der Waals surface area contributed by atoms with E-state index in [2.05, 4.69) is 29.2 Å². The van der Waals surface area contributed by atoms with Crippen molar-refractivity contribution in [3.63, 3.8) is 0 Å². The maximum absolute atomic E-state index is 12.3. The van der Waals surface area contributed by atoms with E-state index in [1.165, 1.54) is 5.56 Å². The Hall–Kier alpha value is -2.33. The van der Waals surface area contributed by atoms with Crippen LogP contribution in [-0.2, 0) is 11.2 Å². The van der Waals surface area contributed by atoms with E-state index in [9.17, 15) is 4.79 Å². The summed E-state index contributed by atoms with van der Waals surface area (Å²) < 4.78 is 5.63. The molecule has 0 saturated carbocycles. The van der Waals surface area contributed by atoms with Gasteiger partial charge in [-0.25, -0.2) is 0 Å². The van der Waals surface area contributed by atoms with Gasteiger partial charge in [0, 0.05) is 32.7 Å². The van der Waals surface area contributed by atoms with Crippen LogP contribution >= 0.6 is 0 Å². The van der Waals surface area contributed by atoms with Gasteiger partial charge in [-0.1, -0.05) is 42.5 Å². The molecule has 0 N–H and O–H groups in total. The quantitative estimate of drug-likeness (QED) is 0.812. The summed E-state index contributed by atoms with van der Waals surface area (Å²) in [5, 5.41) is 0. The largest absolute Gasteiger partial charge is 0.484 e. The molecule has 0 bridgehead atoms. The van der Waals surface area contributed by atoms with Crippen molar-refractivity contribution in [1.82, 2.24) is 9.80 Å². The first-order valence-electron chi connectivity index (χ1n) is 8.94. The Balaban J connectivity index is 1.38. The molecule has 2 aromatic rings. The van der Waals surface area contributed by atoms with Crippen molar-refractivity contribution in [2.75, 3.05) is 39.3 Å². The van der Waals surface area contributed by atoms with E-state index in [1.54, 1.807) is 0 Å². The van der Waals surface area contributed by atoms with Crippen LogP contribution in [-0.4, -0.2) is 55.0 Å². The second-order valence-corrected chi connectivity index (χ2v) is 6.56. The number of piperazine rings is 1. The Morgan fingerprint density at radius 2 is 1.76 bits per heavy atom. The predicted octanol–water partition coefficient (Wildman–Crippen LogP) is 2.76. The number of ether oxygens (including phenoxy) is 1. The Morgan fingerprint density at radius 3 is 2.48 bits per heavy atom. The molecule has 1 heterocycles. The number of carbonyl (C=O) groups is 1. The normalized spacial score (nSPS) is 15.2. The Bertz CT molecular complexity index is 679. The highest BCUT2D eigenvalue weighted by Crippen LogP contribution is 2.13. The number of hydrogen-bond donors (Lipinski definition) is 0. The second-order valence-electron chi connectivity index (χ2n) is 6.56. The van der Waals surface area contributed by atoms with Crippen molar-refractivity contribution in [1.29, 1.82) is 0 Å². The molecule has 25 heavy (non-hydrogen) atoms. The molecule has 0 spiro atoms. The highest BCUT2D eigenvalue weighted by Gasteiger charge is 2.21. The summed E-state index contributed by atoms with van der Waals surface area (Å²) in [6.45, 7) is 6.62. The molecule has 4 heteroatoms. The monoisotopic (exact) mass is 338 g/mol. The maximum atomic E-state index is 12.3. The van der Waals surface area contributed by atoms with Gasteiger partial charge in [0.05, 0.1) is 0 Å². The first-order valence-corrected chi connectivity index (χ1v) is 8.94. The first kappa shape index (κ1) is 17.5. The fraction of sp³-hybridized carbons (Fsp3) is 0.381. The fourth-order valence-corrected chi connectivity index (χ4v) is 3.09. The molecule has 1 aliphatic heterocycles. The van der Waals surface area contributed by atoms with Crippen molar-refractivity contribution in [2.45, 2.75) is 13.3 Å². The van der Waals surface area contributed by atoms with Crippen LogP contribution in [0.1, 0.15) is 11.1 Å². The van der Waals surface area contributed by atoms with Gasteiger partial charge in [-0.3, -0.25) is 9.69 Å². The predicted molar refractivity (Wildman–Crippen MR) is 99.8 cm³/mol. The zero-order valence-electron chi connectivity index (χ0n) is 14.9. The minimum atomic E-state index is 0.0733. The first-order chi connectivity index (χ1) is 12.2. The van der Waals surface area contributed by atoms with Crippen LogP contribution in [0.2, 0.25) is 0 Å². The lowest BCUT2D eigenvalue weighted by Crippen LogP contribution is -2.50. The van der Waals surface area contributed by atoms with Crippen LogP contribution in [0.25, 0.3) is 0 Å². The minimum Gasteiger partial charge on any atom is -0.484 e. The van der Waals surface area contributed by atoms with Crippen molar-refractivity contribution < 1.29 is 9.53 Å². The number of aryl methyl sites for hydroxylation is 1. The van der Waals surface area contributed by atoms with Gasteiger partial charge in [0.25, 0.3) is 5.91 Å². The van der Waals surface area contributed by atoms with Crippen LogP contribution < -0.4 is 4.74 Å². The van der Waals surface area contributed by atoms with Crippen molar-refractivity contribution in [2.24, 2.45) is 0 Å². The van der Waals surface area contributed by atoms with Gasteiger partial charge in [0.2, 0.25) is 0 Å². The molecule has 1 fully saturated rings. The number of rotatable bonds is 6. The van der Waals surface area contributed by atoms with Crippen molar-refractivity contribution in [3.05, 3.63) is 65.7 Å². The lowest BCUT2D eigenvalue weighted by molar-refractivity contribution is -0.135. The SMILES string of the molecule is Cc1cccc(OCC(=O)N2CCN(CCc3ccccc3)CC2)c1. The molecule has 132 valence electrons. The van der Waals surface area contributed by atoms with Crippen molar-refractivity contribution in [3.8, 4) is 5.75 Å². The molecular weight excluding hydrogens is 312 g/mol. The average molecular weight is 338 g/mol. The van der Waals surface area contributed by atoms with Crippen LogP contribution in [0.15, 0.2) is 54.6 Å². The summed E-state index contributed by atoms with van der Waals surface area (Å²) in [7, 11) is 0. The number of amides is 1. The molecule has 3 rings (SSSR count). The van der Waals surface area contributed by atoms with E-state index < -0.39 is 0 Å². The zero-order chi connectivity index (χ0) is 17.5. The summed E-state index contributed by atoms with van der Waals surface area (Å²) in [5.41, 5.74) is 2.50. The number of nitrogens with zero attached hydrogens (tertiary/aromatic N) is 2. The van der Waals surface area contributed by atoms with E-state index in [4.69, 9.17) is 4.74 Å². The smallest absolute Gasteiger partial charge is 0.260 e. The standard InChI is InChI=1S/C21H26N2O2/c1-18-6-5-9-20(16-18)25-17-21(24)23-14-12-22(13-15-23)11-10-19-7-3-2-4-8-19/h2-9,16H,10-15,17H2,1H3. The highest BCUT2D eigenvalue weighted by atomic mass is 16.5. The van der Waals surface area contributed by atoms with Gasteiger partial charge in [0.1, 0.15) is 5.75 Å². The second kappa shape index (κ2) is 8.67. The summed E-state index contributed by atoms with van der Waals surface area (Å²) >= 11 is 0. The molecule has 4 nitrogen and oxygen atoms in total. The number of benzene rings is 2. The molecule has 0 atom stereocenters. The Morgan fingerprint density at radius 1 is 1.00 bits per heavy atom. The van der Waals surface area contributed by atoms with Gasteiger partial charge in [-0.05, 0) is 36.6 Å². The molecule has 0 aromatic heterocycles. The van der Waals surface area contributed by atoms with Gasteiger partial charge < -0.3 is 9.64 Å². The fourth-order valence-electron chi connectivity index (χ4n) is 3.09. The van der Waals surface area contributed by atoms with E-state index >= 15 is 0 Å². The Kier molecular flexibility index (Phi) is 6.07. The molecule has 2 aromatic carbocycles. The summed E-state index contributed by atoms with van der Waals surface area (Å²) in [6, 6.07) is 18.4. The van der Waals surface area contributed by atoms with Crippen LogP contribution in [0.3, 0.4) is 0 Å². The topological polar surface area (TPSA) is 32.8 Å². The number of carbonyl (C=O) groups excluding carboxylic acids is 1. The van der Waals surface area contributed by atoms with Crippen LogP contribution in [0.4, 0.5) is 0 Å². The van der Waals surface area contributed by atoms with Gasteiger partial charge in [-0.2, -0.15) is 0 Å². The lowest BCUT2D eigenvalue weighted by Gasteiger charge is -2.34. The molecule has 1 amide bonds. The van der Waals surface area contributed by atoms with Gasteiger partial charge >= 0.3 is 0 Å². The average Bonchev–Trinajstić information content (AvgIpc) is 2.66. The van der Waals surface area contributed by atoms with E-state index in [1.807, 2.05) is 42.2 Å². The highest BCUT2D eigenvalue weighted by molar-refractivity contribution is 5.77. The Labute approximate surface area is 150 Å². The molecule has 0 radical (unpaired) electrons. The van der Waals surface area contributed by atoms with Crippen LogP contribution in [0, 0.1) is 6.92 Å². The molecular formula is C21H26N2O2. The third-order valence-electron chi connectivity index (χ3n) is 4.64. The zero-order valence-corrected chi connectivity index (χ0v) is 14.9. The lowest BCUT2D eigenvalue weighted by atomic mass is 10.1. The summed E-state index contributed by atoms with van der Waals surface area (Å²) in [5.74, 6) is 0.832. The van der Waals surface area contributed by atoms with E-state index in [0.29, 0.717) is 0 Å². The summed E-state index contributed by atoms with van der Waals surface area (Å²) in [6.07, 6.45) is 1.06.